The number of pyridine rings is 1. The summed E-state index contributed by atoms with van der Waals surface area (Å²) in [6.45, 7) is 4.31. The molecule has 0 radical (unpaired) electrons. The van der Waals surface area contributed by atoms with Gasteiger partial charge in [0.05, 0.1) is 28.1 Å². The van der Waals surface area contributed by atoms with Gasteiger partial charge in [-0.2, -0.15) is 0 Å². The van der Waals surface area contributed by atoms with Crippen molar-refractivity contribution < 1.29 is 0 Å². The van der Waals surface area contributed by atoms with Crippen molar-refractivity contribution in [1.29, 1.82) is 0 Å². The smallest absolute Gasteiger partial charge is 0.160 e. The Bertz CT molecular complexity index is 2240. The first-order chi connectivity index (χ1) is 22.1. The quantitative estimate of drug-likeness (QED) is 0.204. The molecular formula is C41H30N4. The molecule has 8 aromatic rings. The monoisotopic (exact) mass is 578 g/mol. The lowest BCUT2D eigenvalue weighted by molar-refractivity contribution is 1.17. The van der Waals surface area contributed by atoms with Gasteiger partial charge in [-0.25, -0.2) is 9.97 Å². The molecule has 0 fully saturated rings. The number of hydrogen-bond donors (Lipinski definition) is 0. The Balaban J connectivity index is 1.22. The Morgan fingerprint density at radius 1 is 0.444 bits per heavy atom. The van der Waals surface area contributed by atoms with E-state index in [1.54, 1.807) is 0 Å². The van der Waals surface area contributed by atoms with Gasteiger partial charge in [-0.3, -0.25) is 4.98 Å². The van der Waals surface area contributed by atoms with Crippen molar-refractivity contribution in [2.24, 2.45) is 0 Å². The van der Waals surface area contributed by atoms with Crippen LogP contribution in [0, 0.1) is 13.8 Å². The zero-order valence-electron chi connectivity index (χ0n) is 25.1. The molecule has 5 aromatic carbocycles. The number of benzene rings is 5. The van der Waals surface area contributed by atoms with Crippen LogP contribution in [-0.4, -0.2) is 19.5 Å². The molecule has 0 aliphatic carbocycles. The number of fused-ring (bicyclic) bond motifs is 3. The van der Waals surface area contributed by atoms with Gasteiger partial charge >= 0.3 is 0 Å². The molecule has 0 amide bonds. The van der Waals surface area contributed by atoms with Gasteiger partial charge in [0.15, 0.2) is 5.82 Å². The highest BCUT2D eigenvalue weighted by atomic mass is 15.0. The van der Waals surface area contributed by atoms with E-state index in [0.717, 1.165) is 45.0 Å². The van der Waals surface area contributed by atoms with E-state index in [-0.39, 0.29) is 0 Å². The fourth-order valence-corrected chi connectivity index (χ4v) is 6.11. The van der Waals surface area contributed by atoms with Crippen LogP contribution < -0.4 is 0 Å². The Morgan fingerprint density at radius 2 is 0.978 bits per heavy atom. The maximum Gasteiger partial charge on any atom is 0.160 e. The van der Waals surface area contributed by atoms with Crippen LogP contribution in [0.3, 0.4) is 0 Å². The number of rotatable bonds is 5. The number of hydrogen-bond acceptors (Lipinski definition) is 3. The van der Waals surface area contributed by atoms with E-state index in [4.69, 9.17) is 9.97 Å². The predicted molar refractivity (Wildman–Crippen MR) is 185 cm³/mol. The summed E-state index contributed by atoms with van der Waals surface area (Å²) < 4.78 is 2.36. The first-order valence-electron chi connectivity index (χ1n) is 15.2. The second kappa shape index (κ2) is 11.0. The molecule has 0 saturated carbocycles. The molecule has 0 N–H and O–H groups in total. The molecular weight excluding hydrogens is 548 g/mol. The Morgan fingerprint density at radius 3 is 1.53 bits per heavy atom. The summed E-state index contributed by atoms with van der Waals surface area (Å²) in [5, 5.41) is 2.56. The lowest BCUT2D eigenvalue weighted by Crippen LogP contribution is -1.97. The lowest BCUT2D eigenvalue weighted by Gasteiger charge is -2.12. The third-order valence-electron chi connectivity index (χ3n) is 8.40. The molecule has 0 spiro atoms. The number of aryl methyl sites for hydroxylation is 2. The molecule has 4 nitrogen and oxygen atoms in total. The fraction of sp³-hybridized carbons (Fsp3) is 0.0488. The maximum absolute atomic E-state index is 5.05. The number of aromatic nitrogens is 4. The number of nitrogens with zero attached hydrogens (tertiary/aromatic N) is 4. The minimum Gasteiger partial charge on any atom is -0.309 e. The molecule has 3 heterocycles. The highest BCUT2D eigenvalue weighted by Crippen LogP contribution is 2.35. The molecule has 0 bridgehead atoms. The van der Waals surface area contributed by atoms with Gasteiger partial charge < -0.3 is 4.57 Å². The van der Waals surface area contributed by atoms with Crippen molar-refractivity contribution in [2.75, 3.05) is 0 Å². The Kier molecular flexibility index (Phi) is 6.54. The highest BCUT2D eigenvalue weighted by molar-refractivity contribution is 6.09. The van der Waals surface area contributed by atoms with E-state index in [1.165, 1.54) is 32.9 Å². The molecule has 0 aliphatic heterocycles. The molecule has 45 heavy (non-hydrogen) atoms. The molecule has 0 unspecified atom stereocenters. The van der Waals surface area contributed by atoms with Gasteiger partial charge in [0.2, 0.25) is 0 Å². The standard InChI is InChI=1S/C41H30N4/c1-27-11-21-39-34(24-27)35-25-28(2)12-22-40(35)45(39)33-19-17-31(18-20-33)38-26-37(43-41(44-38)32-8-4-3-5-9-32)30-15-13-29(14-16-30)36-10-6-7-23-42-36/h3-26H,1-2H3. The van der Waals surface area contributed by atoms with Crippen LogP contribution >= 0.6 is 0 Å². The van der Waals surface area contributed by atoms with Crippen LogP contribution in [0.2, 0.25) is 0 Å². The summed E-state index contributed by atoms with van der Waals surface area (Å²) in [4.78, 5) is 14.6. The first kappa shape index (κ1) is 26.7. The summed E-state index contributed by atoms with van der Waals surface area (Å²) in [5.41, 5.74) is 12.9. The molecule has 4 heteroatoms. The molecule has 0 saturated heterocycles. The minimum atomic E-state index is 0.703. The van der Waals surface area contributed by atoms with Crippen LogP contribution in [0.5, 0.6) is 0 Å². The van der Waals surface area contributed by atoms with Crippen LogP contribution in [0.15, 0.2) is 146 Å². The van der Waals surface area contributed by atoms with Crippen LogP contribution in [0.4, 0.5) is 0 Å². The van der Waals surface area contributed by atoms with Gasteiger partial charge in [-0.05, 0) is 68.4 Å². The van der Waals surface area contributed by atoms with Gasteiger partial charge in [0.1, 0.15) is 0 Å². The van der Waals surface area contributed by atoms with Crippen molar-refractivity contribution in [3.63, 3.8) is 0 Å². The molecule has 0 aliphatic rings. The summed E-state index contributed by atoms with van der Waals surface area (Å²) in [7, 11) is 0. The van der Waals surface area contributed by atoms with Gasteiger partial charge in [0.25, 0.3) is 0 Å². The zero-order chi connectivity index (χ0) is 30.3. The lowest BCUT2D eigenvalue weighted by atomic mass is 10.0. The predicted octanol–water partition coefficient (Wildman–Crippen LogP) is 10.3. The highest BCUT2D eigenvalue weighted by Gasteiger charge is 2.15. The van der Waals surface area contributed by atoms with E-state index < -0.39 is 0 Å². The normalized spacial score (nSPS) is 11.3. The van der Waals surface area contributed by atoms with Crippen molar-refractivity contribution in [2.45, 2.75) is 13.8 Å². The van der Waals surface area contributed by atoms with E-state index in [0.29, 0.717) is 5.82 Å². The second-order valence-corrected chi connectivity index (χ2v) is 11.5. The molecule has 3 aromatic heterocycles. The van der Waals surface area contributed by atoms with Crippen LogP contribution in [0.25, 0.3) is 72.7 Å². The second-order valence-electron chi connectivity index (χ2n) is 11.5. The maximum atomic E-state index is 5.05. The third kappa shape index (κ3) is 4.96. The van der Waals surface area contributed by atoms with Crippen molar-refractivity contribution in [3.8, 4) is 50.8 Å². The first-order valence-corrected chi connectivity index (χ1v) is 15.2. The Labute approximate surface area is 262 Å². The SMILES string of the molecule is Cc1ccc2c(c1)c1cc(C)ccc1n2-c1ccc(-c2cc(-c3ccc(-c4ccccn4)cc3)nc(-c3ccccc3)n2)cc1. The van der Waals surface area contributed by atoms with Crippen molar-refractivity contribution in [3.05, 3.63) is 157 Å². The Hall–Kier alpha value is -5.87. The fourth-order valence-electron chi connectivity index (χ4n) is 6.11. The van der Waals surface area contributed by atoms with Crippen molar-refractivity contribution in [1.82, 2.24) is 19.5 Å². The van der Waals surface area contributed by atoms with Crippen LogP contribution in [0.1, 0.15) is 11.1 Å². The van der Waals surface area contributed by atoms with Gasteiger partial charge in [-0.1, -0.05) is 96.1 Å². The molecule has 214 valence electrons. The van der Waals surface area contributed by atoms with Crippen molar-refractivity contribution >= 4 is 21.8 Å². The topological polar surface area (TPSA) is 43.6 Å². The van der Waals surface area contributed by atoms with E-state index in [2.05, 4.69) is 127 Å². The third-order valence-corrected chi connectivity index (χ3v) is 8.40. The van der Waals surface area contributed by atoms with Crippen LogP contribution in [-0.2, 0) is 0 Å². The molecule has 8 rings (SSSR count). The van der Waals surface area contributed by atoms with E-state index in [9.17, 15) is 0 Å². The largest absolute Gasteiger partial charge is 0.309 e. The summed E-state index contributed by atoms with van der Waals surface area (Å²) >= 11 is 0. The zero-order valence-corrected chi connectivity index (χ0v) is 25.1. The average Bonchev–Trinajstić information content (AvgIpc) is 3.41. The average molecular weight is 579 g/mol. The minimum absolute atomic E-state index is 0.703. The molecule has 0 atom stereocenters. The van der Waals surface area contributed by atoms with E-state index in [1.807, 2.05) is 42.6 Å². The van der Waals surface area contributed by atoms with Gasteiger partial charge in [-0.15, -0.1) is 0 Å². The van der Waals surface area contributed by atoms with E-state index >= 15 is 0 Å². The summed E-state index contributed by atoms with van der Waals surface area (Å²) in [6.07, 6.45) is 1.82. The summed E-state index contributed by atoms with van der Waals surface area (Å²) in [6, 6.07) is 48.8. The summed E-state index contributed by atoms with van der Waals surface area (Å²) in [5.74, 6) is 0.703. The van der Waals surface area contributed by atoms with Gasteiger partial charge in [0, 0.05) is 44.9 Å².